The van der Waals surface area contributed by atoms with Crippen LogP contribution in [0.15, 0.2) is 48.5 Å². The molecule has 0 bridgehead atoms. The largest absolute Gasteiger partial charge is 0.497 e. The van der Waals surface area contributed by atoms with E-state index in [2.05, 4.69) is 0 Å². The van der Waals surface area contributed by atoms with Gasteiger partial charge in [-0.05, 0) is 50.6 Å². The second-order valence-corrected chi connectivity index (χ2v) is 7.31. The molecule has 0 unspecified atom stereocenters. The number of carbonyl (C=O) groups is 2. The Hall–Kier alpha value is -2.89. The molecule has 0 saturated heterocycles. The zero-order valence-electron chi connectivity index (χ0n) is 15.6. The number of hydrogen-bond donors (Lipinski definition) is 0. The Bertz CT molecular complexity index is 869. The lowest BCUT2D eigenvalue weighted by Gasteiger charge is -2.37. The van der Waals surface area contributed by atoms with E-state index in [9.17, 15) is 9.59 Å². The molecule has 0 fully saturated rings. The number of hydrogen-bond acceptors (Lipinski definition) is 5. The van der Waals surface area contributed by atoms with Crippen LogP contribution in [-0.2, 0) is 9.53 Å². The Labute approximate surface area is 157 Å². The summed E-state index contributed by atoms with van der Waals surface area (Å²) in [5.41, 5.74) is -3.63. The molecule has 2 atom stereocenters. The van der Waals surface area contributed by atoms with Gasteiger partial charge in [-0.25, -0.2) is 9.18 Å². The molecule has 142 valence electrons. The predicted octanol–water partition coefficient (Wildman–Crippen LogP) is 4.06. The molecule has 0 radical (unpaired) electrons. The maximum atomic E-state index is 16.1. The number of halogens is 1. The van der Waals surface area contributed by atoms with Crippen molar-refractivity contribution in [1.82, 2.24) is 0 Å². The molecule has 1 aliphatic heterocycles. The van der Waals surface area contributed by atoms with Crippen LogP contribution < -0.4 is 9.47 Å². The molecule has 0 amide bonds. The molecule has 2 aromatic rings. The van der Waals surface area contributed by atoms with E-state index in [1.54, 1.807) is 63.2 Å². The van der Waals surface area contributed by atoms with Crippen LogP contribution >= 0.6 is 0 Å². The van der Waals surface area contributed by atoms with Crippen molar-refractivity contribution in [1.29, 1.82) is 0 Å². The third-order valence-corrected chi connectivity index (χ3v) is 4.18. The first-order valence-electron chi connectivity index (χ1n) is 8.53. The Balaban J connectivity index is 2.12. The van der Waals surface area contributed by atoms with E-state index in [0.29, 0.717) is 11.3 Å². The van der Waals surface area contributed by atoms with E-state index in [-0.39, 0.29) is 11.3 Å². The van der Waals surface area contributed by atoms with E-state index in [1.165, 1.54) is 13.2 Å². The zero-order valence-corrected chi connectivity index (χ0v) is 15.6. The van der Waals surface area contributed by atoms with Gasteiger partial charge < -0.3 is 14.2 Å². The summed E-state index contributed by atoms with van der Waals surface area (Å²) in [6, 6.07) is 12.6. The number of benzene rings is 2. The summed E-state index contributed by atoms with van der Waals surface area (Å²) in [7, 11) is 1.51. The lowest BCUT2D eigenvalue weighted by molar-refractivity contribution is -0.172. The van der Waals surface area contributed by atoms with Gasteiger partial charge in [-0.1, -0.05) is 24.3 Å². The third kappa shape index (κ3) is 3.39. The minimum absolute atomic E-state index is 0.00983. The molecule has 5 nitrogen and oxygen atoms in total. The second-order valence-electron chi connectivity index (χ2n) is 7.31. The summed E-state index contributed by atoms with van der Waals surface area (Å²) < 4.78 is 32.2. The van der Waals surface area contributed by atoms with Crippen LogP contribution in [0.4, 0.5) is 4.39 Å². The number of para-hydroxylation sites is 1. The summed E-state index contributed by atoms with van der Waals surface area (Å²) in [5.74, 6) is -1.46. The topological polar surface area (TPSA) is 61.8 Å². The average molecular weight is 372 g/mol. The zero-order chi connectivity index (χ0) is 19.8. The van der Waals surface area contributed by atoms with Crippen molar-refractivity contribution in [3.05, 3.63) is 59.7 Å². The van der Waals surface area contributed by atoms with Gasteiger partial charge in [0.25, 0.3) is 0 Å². The predicted molar refractivity (Wildman–Crippen MR) is 96.8 cm³/mol. The van der Waals surface area contributed by atoms with Gasteiger partial charge in [0, 0.05) is 0 Å². The Kier molecular flexibility index (Phi) is 4.68. The second kappa shape index (κ2) is 6.68. The first kappa shape index (κ1) is 18.9. The number of Topliss-reactive ketones (excluding diaryl/α,β-unsaturated/α-hetero) is 1. The number of methoxy groups -OCH3 is 1. The Morgan fingerprint density at radius 3 is 2.33 bits per heavy atom. The minimum Gasteiger partial charge on any atom is -0.497 e. The number of ketones is 1. The molecular formula is C21H21FO5. The molecule has 3 rings (SSSR count). The minimum atomic E-state index is -3.00. The van der Waals surface area contributed by atoms with Crippen LogP contribution in [0.5, 0.6) is 11.5 Å². The number of alkyl halides is 1. The van der Waals surface area contributed by atoms with Crippen molar-refractivity contribution < 1.29 is 28.2 Å². The smallest absolute Gasteiger partial charge is 0.357 e. The van der Waals surface area contributed by atoms with E-state index in [4.69, 9.17) is 14.2 Å². The van der Waals surface area contributed by atoms with Gasteiger partial charge in [-0.2, -0.15) is 0 Å². The summed E-state index contributed by atoms with van der Waals surface area (Å²) >= 11 is 0. The highest BCUT2D eigenvalue weighted by Gasteiger charge is 2.60. The van der Waals surface area contributed by atoms with Crippen LogP contribution in [0.2, 0.25) is 0 Å². The number of fused-ring (bicyclic) bond motifs is 1. The van der Waals surface area contributed by atoms with Crippen molar-refractivity contribution in [3.8, 4) is 11.5 Å². The lowest BCUT2D eigenvalue weighted by atomic mass is 9.82. The van der Waals surface area contributed by atoms with Gasteiger partial charge in [0.05, 0.1) is 12.7 Å². The number of esters is 1. The number of carbonyl (C=O) groups excluding carboxylic acids is 2. The van der Waals surface area contributed by atoms with Crippen LogP contribution in [0.25, 0.3) is 0 Å². The number of ether oxygens (including phenoxy) is 3. The quantitative estimate of drug-likeness (QED) is 0.601. The maximum absolute atomic E-state index is 16.1. The Morgan fingerprint density at radius 2 is 1.74 bits per heavy atom. The van der Waals surface area contributed by atoms with Gasteiger partial charge in [0.1, 0.15) is 17.1 Å². The molecule has 0 aliphatic carbocycles. The van der Waals surface area contributed by atoms with E-state index < -0.39 is 29.1 Å². The molecule has 0 spiro atoms. The summed E-state index contributed by atoms with van der Waals surface area (Å²) in [6.07, 6.45) is -1.47. The van der Waals surface area contributed by atoms with E-state index >= 15 is 4.39 Å². The fraction of sp³-hybridized carbons (Fsp3) is 0.333. The first-order chi connectivity index (χ1) is 12.7. The fourth-order valence-corrected chi connectivity index (χ4v) is 2.91. The van der Waals surface area contributed by atoms with Crippen molar-refractivity contribution in [2.24, 2.45) is 0 Å². The fourth-order valence-electron chi connectivity index (χ4n) is 2.91. The van der Waals surface area contributed by atoms with Crippen LogP contribution in [0.1, 0.15) is 42.8 Å². The molecule has 0 aromatic heterocycles. The lowest BCUT2D eigenvalue weighted by Crippen LogP contribution is -2.54. The van der Waals surface area contributed by atoms with E-state index in [0.717, 1.165) is 0 Å². The normalized spacial score (nSPS) is 21.8. The first-order valence-corrected chi connectivity index (χ1v) is 8.53. The SMILES string of the molecule is COc1ccc([C@H]2Oc3ccccc3C(=O)[C@@]2(F)C(=O)OC(C)(C)C)cc1. The molecule has 0 saturated carbocycles. The van der Waals surface area contributed by atoms with Gasteiger partial charge in [0.2, 0.25) is 5.78 Å². The highest BCUT2D eigenvalue weighted by atomic mass is 19.1. The van der Waals surface area contributed by atoms with Crippen molar-refractivity contribution in [2.45, 2.75) is 38.1 Å². The molecule has 0 N–H and O–H groups in total. The van der Waals surface area contributed by atoms with Crippen molar-refractivity contribution in [3.63, 3.8) is 0 Å². The highest BCUT2D eigenvalue weighted by molar-refractivity contribution is 6.18. The van der Waals surface area contributed by atoms with Gasteiger partial charge >= 0.3 is 11.6 Å². The third-order valence-electron chi connectivity index (χ3n) is 4.18. The average Bonchev–Trinajstić information content (AvgIpc) is 2.63. The Morgan fingerprint density at radius 1 is 1.11 bits per heavy atom. The maximum Gasteiger partial charge on any atom is 0.357 e. The van der Waals surface area contributed by atoms with Gasteiger partial charge in [-0.3, -0.25) is 4.79 Å². The molecule has 1 aliphatic rings. The summed E-state index contributed by atoms with van der Waals surface area (Å²) in [5, 5.41) is 0. The monoisotopic (exact) mass is 372 g/mol. The van der Waals surface area contributed by atoms with Crippen LogP contribution in [0, 0.1) is 0 Å². The molecule has 6 heteroatoms. The van der Waals surface area contributed by atoms with Crippen molar-refractivity contribution >= 4 is 11.8 Å². The van der Waals surface area contributed by atoms with Gasteiger partial charge in [-0.15, -0.1) is 0 Å². The van der Waals surface area contributed by atoms with Crippen LogP contribution in [0.3, 0.4) is 0 Å². The number of rotatable bonds is 3. The van der Waals surface area contributed by atoms with Crippen LogP contribution in [-0.4, -0.2) is 30.1 Å². The van der Waals surface area contributed by atoms with Crippen molar-refractivity contribution in [2.75, 3.05) is 7.11 Å². The standard InChI is InChI=1S/C21H21FO5/c1-20(2,3)27-19(24)21(22)17(23)15-7-5-6-8-16(15)26-18(21)13-9-11-14(25-4)12-10-13/h5-12,18H,1-4H3/t18-,21+/m1/s1. The van der Waals surface area contributed by atoms with E-state index in [1.807, 2.05) is 0 Å². The molecule has 2 aromatic carbocycles. The summed E-state index contributed by atoms with van der Waals surface area (Å²) in [6.45, 7) is 4.83. The molecule has 1 heterocycles. The molecular weight excluding hydrogens is 351 g/mol. The molecule has 27 heavy (non-hydrogen) atoms. The summed E-state index contributed by atoms with van der Waals surface area (Å²) in [4.78, 5) is 25.7. The van der Waals surface area contributed by atoms with Gasteiger partial charge in [0.15, 0.2) is 6.10 Å². The highest BCUT2D eigenvalue weighted by Crippen LogP contribution is 2.45.